The van der Waals surface area contributed by atoms with Gasteiger partial charge in [-0.25, -0.2) is 0 Å². The highest BCUT2D eigenvalue weighted by molar-refractivity contribution is 5.70. The fraction of sp³-hybridized carbons (Fsp3) is 0.750. The molecule has 0 aromatic heterocycles. The van der Waals surface area contributed by atoms with E-state index in [9.17, 15) is 15.0 Å². The number of rotatable bonds is 10. The van der Waals surface area contributed by atoms with Crippen LogP contribution in [0.5, 0.6) is 0 Å². The predicted octanol–water partition coefficient (Wildman–Crippen LogP) is 3.52. The minimum absolute atomic E-state index is 0.0183. The van der Waals surface area contributed by atoms with Crippen LogP contribution in [-0.2, 0) is 9.53 Å². The topological polar surface area (TPSA) is 66.8 Å². The van der Waals surface area contributed by atoms with Crippen LogP contribution in [0.2, 0.25) is 0 Å². The van der Waals surface area contributed by atoms with E-state index < -0.39 is 12.2 Å². The molecule has 1 heterocycles. The summed E-state index contributed by atoms with van der Waals surface area (Å²) in [7, 11) is 0. The summed E-state index contributed by atoms with van der Waals surface area (Å²) in [5, 5.41) is 20.2. The number of unbranched alkanes of at least 4 members (excludes halogenated alkanes) is 3. The second-order valence-electron chi connectivity index (χ2n) is 7.13. The number of esters is 1. The normalized spacial score (nSPS) is 29.8. The molecule has 0 radical (unpaired) electrons. The largest absolute Gasteiger partial charge is 0.462 e. The van der Waals surface area contributed by atoms with Crippen molar-refractivity contribution < 1.29 is 19.7 Å². The molecule has 1 aliphatic heterocycles. The zero-order valence-electron chi connectivity index (χ0n) is 14.8. The van der Waals surface area contributed by atoms with Gasteiger partial charge in [0.25, 0.3) is 0 Å². The van der Waals surface area contributed by atoms with Gasteiger partial charge in [0.05, 0.1) is 12.2 Å². The summed E-state index contributed by atoms with van der Waals surface area (Å²) in [6, 6.07) is 0. The summed E-state index contributed by atoms with van der Waals surface area (Å²) >= 11 is 0. The zero-order chi connectivity index (χ0) is 17.4. The molecule has 2 aliphatic rings. The van der Waals surface area contributed by atoms with Crippen LogP contribution in [0.4, 0.5) is 0 Å². The highest BCUT2D eigenvalue weighted by atomic mass is 16.5. The first-order valence-electron chi connectivity index (χ1n) is 9.50. The van der Waals surface area contributed by atoms with Gasteiger partial charge in [0.2, 0.25) is 0 Å². The lowest BCUT2D eigenvalue weighted by Crippen LogP contribution is -2.27. The number of ether oxygens (including phenoxy) is 1. The molecule has 0 spiro atoms. The van der Waals surface area contributed by atoms with Crippen LogP contribution in [0.25, 0.3) is 0 Å². The molecule has 2 unspecified atom stereocenters. The minimum Gasteiger partial charge on any atom is -0.462 e. The van der Waals surface area contributed by atoms with E-state index in [2.05, 4.69) is 13.0 Å². The number of carbonyl (C=O) groups excluding carboxylic acids is 1. The zero-order valence-corrected chi connectivity index (χ0v) is 14.8. The molecule has 5 atom stereocenters. The van der Waals surface area contributed by atoms with Crippen LogP contribution in [0.1, 0.15) is 64.7 Å². The van der Waals surface area contributed by atoms with Gasteiger partial charge in [-0.05, 0) is 44.4 Å². The number of allylic oxidation sites excluding steroid dienone is 1. The third-order valence-electron chi connectivity index (χ3n) is 5.01. The smallest absolute Gasteiger partial charge is 0.306 e. The lowest BCUT2D eigenvalue weighted by molar-refractivity contribution is -0.155. The summed E-state index contributed by atoms with van der Waals surface area (Å²) in [6.45, 7) is 2.19. The van der Waals surface area contributed by atoms with E-state index in [-0.39, 0.29) is 23.9 Å². The number of aliphatic hydroxyl groups is 2. The molecule has 24 heavy (non-hydrogen) atoms. The van der Waals surface area contributed by atoms with E-state index in [1.165, 1.54) is 19.3 Å². The second kappa shape index (κ2) is 10.00. The van der Waals surface area contributed by atoms with Gasteiger partial charge in [-0.3, -0.25) is 4.79 Å². The summed E-state index contributed by atoms with van der Waals surface area (Å²) < 4.78 is 5.38. The van der Waals surface area contributed by atoms with Gasteiger partial charge in [0.15, 0.2) is 0 Å². The van der Waals surface area contributed by atoms with Crippen molar-refractivity contribution >= 4 is 5.97 Å². The molecule has 4 nitrogen and oxygen atoms in total. The molecular weight excluding hydrogens is 304 g/mol. The Bertz CT molecular complexity index is 443. The molecule has 0 bridgehead atoms. The van der Waals surface area contributed by atoms with Crippen molar-refractivity contribution in [3.8, 4) is 0 Å². The Morgan fingerprint density at radius 3 is 2.83 bits per heavy atom. The molecule has 2 rings (SSSR count). The van der Waals surface area contributed by atoms with Gasteiger partial charge in [0, 0.05) is 12.3 Å². The quantitative estimate of drug-likeness (QED) is 0.364. The molecule has 0 aromatic rings. The molecule has 0 amide bonds. The van der Waals surface area contributed by atoms with Gasteiger partial charge in [-0.2, -0.15) is 0 Å². The number of cyclic esters (lactones) is 1. The first kappa shape index (κ1) is 19.2. The summed E-state index contributed by atoms with van der Waals surface area (Å²) in [5.41, 5.74) is 0. The van der Waals surface area contributed by atoms with E-state index in [0.717, 1.165) is 25.7 Å². The van der Waals surface area contributed by atoms with Crippen molar-refractivity contribution in [2.24, 2.45) is 11.8 Å². The lowest BCUT2D eigenvalue weighted by Gasteiger charge is -2.22. The third-order valence-corrected chi connectivity index (χ3v) is 5.01. The maximum atomic E-state index is 11.3. The van der Waals surface area contributed by atoms with E-state index in [4.69, 9.17) is 4.74 Å². The maximum absolute atomic E-state index is 11.3. The van der Waals surface area contributed by atoms with Crippen molar-refractivity contribution in [3.05, 3.63) is 24.3 Å². The third kappa shape index (κ3) is 6.40. The Balaban J connectivity index is 1.64. The summed E-state index contributed by atoms with van der Waals surface area (Å²) in [4.78, 5) is 11.3. The standard InChI is InChI=1S/C20H32O4/c1-2-3-4-5-6-7-9-15(21)12-13-18(22)16-14-17(16)19-10-8-11-20(23)24-19/h6-7,12-13,15-19,21-22H,2-5,8-11,14H2,1H3/b7-6-,13-12+/t15?,16-,17-,18-,19?/m0/s1. The van der Waals surface area contributed by atoms with Crippen LogP contribution >= 0.6 is 0 Å². The van der Waals surface area contributed by atoms with Gasteiger partial charge in [0.1, 0.15) is 6.10 Å². The number of aliphatic hydroxyl groups excluding tert-OH is 2. The lowest BCUT2D eigenvalue weighted by atomic mass is 10.0. The van der Waals surface area contributed by atoms with E-state index in [1.54, 1.807) is 12.2 Å². The minimum atomic E-state index is -0.557. The van der Waals surface area contributed by atoms with E-state index >= 15 is 0 Å². The van der Waals surface area contributed by atoms with Crippen LogP contribution in [0.3, 0.4) is 0 Å². The fourth-order valence-electron chi connectivity index (χ4n) is 3.42. The molecule has 1 saturated heterocycles. The van der Waals surface area contributed by atoms with Crippen molar-refractivity contribution in [3.63, 3.8) is 0 Å². The Hall–Kier alpha value is -1.13. The van der Waals surface area contributed by atoms with Crippen LogP contribution in [0.15, 0.2) is 24.3 Å². The first-order chi connectivity index (χ1) is 11.6. The molecule has 136 valence electrons. The first-order valence-corrected chi connectivity index (χ1v) is 9.50. The maximum Gasteiger partial charge on any atom is 0.306 e. The van der Waals surface area contributed by atoms with Gasteiger partial charge in [-0.15, -0.1) is 0 Å². The van der Waals surface area contributed by atoms with Crippen LogP contribution in [0, 0.1) is 11.8 Å². The van der Waals surface area contributed by atoms with E-state index in [0.29, 0.717) is 12.8 Å². The van der Waals surface area contributed by atoms with Crippen molar-refractivity contribution in [2.45, 2.75) is 83.0 Å². The predicted molar refractivity (Wildman–Crippen MR) is 94.4 cm³/mol. The molecule has 1 saturated carbocycles. The van der Waals surface area contributed by atoms with Crippen molar-refractivity contribution in [1.82, 2.24) is 0 Å². The average molecular weight is 336 g/mol. The van der Waals surface area contributed by atoms with Crippen LogP contribution < -0.4 is 0 Å². The number of hydrogen-bond donors (Lipinski definition) is 2. The average Bonchev–Trinajstić information content (AvgIpc) is 3.36. The molecular formula is C20H32O4. The Kier molecular flexibility index (Phi) is 8.00. The Morgan fingerprint density at radius 1 is 1.25 bits per heavy atom. The fourth-order valence-corrected chi connectivity index (χ4v) is 3.42. The highest BCUT2D eigenvalue weighted by Crippen LogP contribution is 2.47. The Morgan fingerprint density at radius 2 is 2.08 bits per heavy atom. The summed E-state index contributed by atoms with van der Waals surface area (Å²) in [6.07, 6.45) is 14.9. The highest BCUT2D eigenvalue weighted by Gasteiger charge is 2.48. The monoisotopic (exact) mass is 336 g/mol. The molecule has 1 aliphatic carbocycles. The molecule has 2 fully saturated rings. The van der Waals surface area contributed by atoms with Gasteiger partial charge < -0.3 is 14.9 Å². The summed E-state index contributed by atoms with van der Waals surface area (Å²) in [5.74, 6) is 0.335. The van der Waals surface area contributed by atoms with Gasteiger partial charge in [-0.1, -0.05) is 44.1 Å². The molecule has 4 heteroatoms. The molecule has 2 N–H and O–H groups in total. The van der Waals surface area contributed by atoms with Gasteiger partial charge >= 0.3 is 5.97 Å². The van der Waals surface area contributed by atoms with Crippen molar-refractivity contribution in [2.75, 3.05) is 0 Å². The van der Waals surface area contributed by atoms with E-state index in [1.807, 2.05) is 6.08 Å². The SMILES string of the molecule is CCCCC/C=C\CC(O)/C=C/[C@H](O)[C@H]1C[C@@H]1C1CCCC(=O)O1. The number of hydrogen-bond acceptors (Lipinski definition) is 4. The Labute approximate surface area is 145 Å². The van der Waals surface area contributed by atoms with Crippen molar-refractivity contribution in [1.29, 1.82) is 0 Å². The van der Waals surface area contributed by atoms with Crippen LogP contribution in [-0.4, -0.2) is 34.5 Å². The second-order valence-corrected chi connectivity index (χ2v) is 7.13. The number of carbonyl (C=O) groups is 1. The molecule has 0 aromatic carbocycles.